The summed E-state index contributed by atoms with van der Waals surface area (Å²) in [5.41, 5.74) is 0.714. The molecule has 0 aliphatic carbocycles. The van der Waals surface area contributed by atoms with Gasteiger partial charge >= 0.3 is 0 Å². The summed E-state index contributed by atoms with van der Waals surface area (Å²) in [6, 6.07) is 5.96. The molecule has 0 bridgehead atoms. The standard InChI is InChI=1S/C16H21FN4O2/c1-2-21-11-18-19-16(21)15-10-20(7-8-23-15)9-14(22)12-3-5-13(17)6-4-12/h3-6,11,14-15,22H,2,7-10H2,1H3/t14-,15+/m1/s1. The molecular weight excluding hydrogens is 299 g/mol. The molecule has 1 aromatic carbocycles. The molecule has 0 radical (unpaired) electrons. The van der Waals surface area contributed by atoms with Gasteiger partial charge in [-0.3, -0.25) is 4.90 Å². The highest BCUT2D eigenvalue weighted by atomic mass is 19.1. The molecule has 1 N–H and O–H groups in total. The molecule has 23 heavy (non-hydrogen) atoms. The van der Waals surface area contributed by atoms with Crippen LogP contribution in [0.5, 0.6) is 0 Å². The molecule has 0 amide bonds. The summed E-state index contributed by atoms with van der Waals surface area (Å²) in [6.45, 7) is 5.28. The highest BCUT2D eigenvalue weighted by molar-refractivity contribution is 5.18. The lowest BCUT2D eigenvalue weighted by Crippen LogP contribution is -2.41. The van der Waals surface area contributed by atoms with E-state index in [0.717, 1.165) is 18.9 Å². The Morgan fingerprint density at radius 2 is 2.17 bits per heavy atom. The van der Waals surface area contributed by atoms with E-state index in [-0.39, 0.29) is 11.9 Å². The fourth-order valence-corrected chi connectivity index (χ4v) is 2.82. The Hall–Kier alpha value is -1.83. The third kappa shape index (κ3) is 3.74. The van der Waals surface area contributed by atoms with Crippen LogP contribution in [0.15, 0.2) is 30.6 Å². The van der Waals surface area contributed by atoms with Gasteiger partial charge in [0.1, 0.15) is 18.2 Å². The van der Waals surface area contributed by atoms with Gasteiger partial charge in [0, 0.05) is 26.2 Å². The monoisotopic (exact) mass is 320 g/mol. The van der Waals surface area contributed by atoms with Crippen molar-refractivity contribution in [1.82, 2.24) is 19.7 Å². The van der Waals surface area contributed by atoms with Crippen LogP contribution in [0.3, 0.4) is 0 Å². The Kier molecular flexibility index (Phi) is 5.00. The summed E-state index contributed by atoms with van der Waals surface area (Å²) in [7, 11) is 0. The molecule has 124 valence electrons. The molecule has 7 heteroatoms. The number of aromatic nitrogens is 3. The van der Waals surface area contributed by atoms with Crippen LogP contribution >= 0.6 is 0 Å². The maximum Gasteiger partial charge on any atom is 0.163 e. The lowest BCUT2D eigenvalue weighted by atomic mass is 10.1. The molecule has 2 atom stereocenters. The van der Waals surface area contributed by atoms with E-state index in [2.05, 4.69) is 15.1 Å². The molecule has 6 nitrogen and oxygen atoms in total. The second-order valence-electron chi connectivity index (χ2n) is 5.66. The maximum atomic E-state index is 13.0. The molecule has 1 aromatic heterocycles. The van der Waals surface area contributed by atoms with Gasteiger partial charge < -0.3 is 14.4 Å². The number of aliphatic hydroxyl groups excluding tert-OH is 1. The Morgan fingerprint density at radius 3 is 2.91 bits per heavy atom. The van der Waals surface area contributed by atoms with E-state index >= 15 is 0 Å². The van der Waals surface area contributed by atoms with Crippen LogP contribution in [0.1, 0.15) is 30.5 Å². The summed E-state index contributed by atoms with van der Waals surface area (Å²) >= 11 is 0. The summed E-state index contributed by atoms with van der Waals surface area (Å²) < 4.78 is 20.7. The number of hydrogen-bond acceptors (Lipinski definition) is 5. The van der Waals surface area contributed by atoms with Crippen LogP contribution in [-0.2, 0) is 11.3 Å². The number of morpholine rings is 1. The van der Waals surface area contributed by atoms with E-state index in [1.54, 1.807) is 18.5 Å². The summed E-state index contributed by atoms with van der Waals surface area (Å²) in [5.74, 6) is 0.514. The zero-order valence-corrected chi connectivity index (χ0v) is 13.1. The number of ether oxygens (including phenoxy) is 1. The van der Waals surface area contributed by atoms with Gasteiger partial charge in [-0.25, -0.2) is 4.39 Å². The molecule has 2 aromatic rings. The topological polar surface area (TPSA) is 63.4 Å². The molecule has 1 saturated heterocycles. The predicted molar refractivity (Wildman–Crippen MR) is 82.2 cm³/mol. The minimum Gasteiger partial charge on any atom is -0.387 e. The van der Waals surface area contributed by atoms with Crippen molar-refractivity contribution >= 4 is 0 Å². The Morgan fingerprint density at radius 1 is 1.39 bits per heavy atom. The molecule has 1 aliphatic rings. The van der Waals surface area contributed by atoms with Crippen molar-refractivity contribution in [2.24, 2.45) is 0 Å². The van der Waals surface area contributed by atoms with Gasteiger partial charge in [-0.1, -0.05) is 12.1 Å². The Labute approximate surface area is 134 Å². The van der Waals surface area contributed by atoms with E-state index < -0.39 is 6.10 Å². The summed E-state index contributed by atoms with van der Waals surface area (Å²) in [6.07, 6.45) is 0.898. The molecule has 0 unspecified atom stereocenters. The molecule has 0 saturated carbocycles. The third-order valence-corrected chi connectivity index (χ3v) is 4.11. The lowest BCUT2D eigenvalue weighted by molar-refractivity contribution is -0.0476. The van der Waals surface area contributed by atoms with Crippen LogP contribution in [0, 0.1) is 5.82 Å². The van der Waals surface area contributed by atoms with Gasteiger partial charge in [-0.2, -0.15) is 0 Å². The second-order valence-corrected chi connectivity index (χ2v) is 5.66. The van der Waals surface area contributed by atoms with Crippen molar-refractivity contribution in [3.05, 3.63) is 47.8 Å². The zero-order valence-electron chi connectivity index (χ0n) is 13.1. The molecular formula is C16H21FN4O2. The van der Waals surface area contributed by atoms with Gasteiger partial charge in [0.25, 0.3) is 0 Å². The number of halogens is 1. The lowest BCUT2D eigenvalue weighted by Gasteiger charge is -2.33. The predicted octanol–water partition coefficient (Wildman–Crippen LogP) is 1.54. The molecule has 0 spiro atoms. The average Bonchev–Trinajstić information content (AvgIpc) is 3.04. The van der Waals surface area contributed by atoms with Gasteiger partial charge in [0.15, 0.2) is 5.82 Å². The fourth-order valence-electron chi connectivity index (χ4n) is 2.82. The first kappa shape index (κ1) is 16.0. The van der Waals surface area contributed by atoms with E-state index in [0.29, 0.717) is 25.3 Å². The number of aliphatic hydroxyl groups is 1. The number of nitrogens with zero attached hydrogens (tertiary/aromatic N) is 4. The van der Waals surface area contributed by atoms with Crippen molar-refractivity contribution in [1.29, 1.82) is 0 Å². The number of rotatable bonds is 5. The van der Waals surface area contributed by atoms with Gasteiger partial charge in [0.2, 0.25) is 0 Å². The highest BCUT2D eigenvalue weighted by Gasteiger charge is 2.27. The first-order chi connectivity index (χ1) is 11.2. The van der Waals surface area contributed by atoms with Gasteiger partial charge in [0.05, 0.1) is 12.7 Å². The first-order valence-electron chi connectivity index (χ1n) is 7.82. The van der Waals surface area contributed by atoms with E-state index in [4.69, 9.17) is 4.74 Å². The van der Waals surface area contributed by atoms with Crippen LogP contribution in [-0.4, -0.2) is 51.0 Å². The van der Waals surface area contributed by atoms with Crippen molar-refractivity contribution in [2.45, 2.75) is 25.7 Å². The fraction of sp³-hybridized carbons (Fsp3) is 0.500. The number of benzene rings is 1. The van der Waals surface area contributed by atoms with Crippen LogP contribution in [0.4, 0.5) is 4.39 Å². The van der Waals surface area contributed by atoms with Crippen LogP contribution in [0.25, 0.3) is 0 Å². The largest absolute Gasteiger partial charge is 0.387 e. The van der Waals surface area contributed by atoms with E-state index in [1.807, 2.05) is 11.5 Å². The summed E-state index contributed by atoms with van der Waals surface area (Å²) in [4.78, 5) is 2.14. The highest BCUT2D eigenvalue weighted by Crippen LogP contribution is 2.23. The Balaban J connectivity index is 1.63. The van der Waals surface area contributed by atoms with Gasteiger partial charge in [-0.15, -0.1) is 10.2 Å². The normalized spacial score (nSPS) is 20.6. The average molecular weight is 320 g/mol. The number of β-amino-alcohol motifs (C(OH)–C–C–N with tert-alkyl or cyclic N) is 1. The van der Waals surface area contributed by atoms with Crippen LogP contribution < -0.4 is 0 Å². The number of hydrogen-bond donors (Lipinski definition) is 1. The van der Waals surface area contributed by atoms with Crippen LogP contribution in [0.2, 0.25) is 0 Å². The molecule has 1 fully saturated rings. The van der Waals surface area contributed by atoms with E-state index in [9.17, 15) is 9.50 Å². The molecule has 1 aliphatic heterocycles. The Bertz CT molecular complexity index is 631. The summed E-state index contributed by atoms with van der Waals surface area (Å²) in [5, 5.41) is 18.4. The van der Waals surface area contributed by atoms with Crippen molar-refractivity contribution in [3.8, 4) is 0 Å². The third-order valence-electron chi connectivity index (χ3n) is 4.11. The minimum atomic E-state index is -0.654. The second kappa shape index (κ2) is 7.16. The SMILES string of the molecule is CCn1cnnc1[C@@H]1CN(C[C@@H](O)c2ccc(F)cc2)CCO1. The molecule has 3 rings (SSSR count). The zero-order chi connectivity index (χ0) is 16.2. The van der Waals surface area contributed by atoms with Crippen molar-refractivity contribution in [3.63, 3.8) is 0 Å². The maximum absolute atomic E-state index is 13.0. The van der Waals surface area contributed by atoms with Crippen molar-refractivity contribution < 1.29 is 14.2 Å². The van der Waals surface area contributed by atoms with E-state index in [1.165, 1.54) is 12.1 Å². The number of aryl methyl sites for hydroxylation is 1. The molecule has 2 heterocycles. The first-order valence-corrected chi connectivity index (χ1v) is 7.82. The smallest absolute Gasteiger partial charge is 0.163 e. The minimum absolute atomic E-state index is 0.147. The van der Waals surface area contributed by atoms with Gasteiger partial charge in [-0.05, 0) is 24.6 Å². The van der Waals surface area contributed by atoms with Crippen molar-refractivity contribution in [2.75, 3.05) is 26.2 Å². The quantitative estimate of drug-likeness (QED) is 0.905.